The van der Waals surface area contributed by atoms with Crippen LogP contribution in [-0.2, 0) is 14.3 Å². The van der Waals surface area contributed by atoms with Gasteiger partial charge in [0, 0.05) is 31.7 Å². The lowest BCUT2D eigenvalue weighted by atomic mass is 9.95. The molecule has 0 bridgehead atoms. The first-order valence-corrected chi connectivity index (χ1v) is 14.6. The normalized spacial score (nSPS) is 19.2. The first-order chi connectivity index (χ1) is 19.5. The molecule has 0 aliphatic carbocycles. The maximum Gasteiger partial charge on any atom is 0.295 e. The first-order valence-electron chi connectivity index (χ1n) is 14.6. The number of aliphatic hydroxyl groups excluding tert-OH is 1. The van der Waals surface area contributed by atoms with E-state index in [4.69, 9.17) is 14.2 Å². The average Bonchev–Trinajstić information content (AvgIpc) is 3.23. The van der Waals surface area contributed by atoms with Crippen LogP contribution in [0.5, 0.6) is 11.5 Å². The number of ether oxygens (including phenoxy) is 3. The minimum absolute atomic E-state index is 0.0988. The molecule has 216 valence electrons. The summed E-state index contributed by atoms with van der Waals surface area (Å²) in [6, 6.07) is 13.8. The van der Waals surface area contributed by atoms with Crippen molar-refractivity contribution in [2.45, 2.75) is 52.0 Å². The number of unbranched alkanes of at least 4 members (excludes halogenated alkanes) is 2. The van der Waals surface area contributed by atoms with Gasteiger partial charge in [-0.15, -0.1) is 0 Å². The molecule has 8 heteroatoms. The van der Waals surface area contributed by atoms with E-state index in [-0.39, 0.29) is 11.3 Å². The smallest absolute Gasteiger partial charge is 0.295 e. The minimum Gasteiger partial charge on any atom is -0.507 e. The van der Waals surface area contributed by atoms with Gasteiger partial charge in [0.2, 0.25) is 0 Å². The predicted octanol–water partition coefficient (Wildman–Crippen LogP) is 5.19. The molecule has 4 rings (SSSR count). The standard InChI is InChI=1S/C32H42N2O6/c1-3-5-19-39-26-13-11-24(12-14-26)29-28(30(35)25-9-7-10-27(23-25)40-20-6-4-2)31(36)32(37)34(29)16-8-15-33-17-21-38-22-18-33/h7,9-14,23,29,35H,3-6,8,15-22H2,1-2H3/b30-28+. The van der Waals surface area contributed by atoms with Crippen LogP contribution in [0, 0.1) is 0 Å². The third kappa shape index (κ3) is 7.43. The van der Waals surface area contributed by atoms with Crippen LogP contribution >= 0.6 is 0 Å². The number of aliphatic hydroxyl groups is 1. The van der Waals surface area contributed by atoms with Gasteiger partial charge in [-0.3, -0.25) is 14.5 Å². The molecule has 1 unspecified atom stereocenters. The Morgan fingerprint density at radius 3 is 2.25 bits per heavy atom. The zero-order valence-corrected chi connectivity index (χ0v) is 23.8. The largest absolute Gasteiger partial charge is 0.507 e. The summed E-state index contributed by atoms with van der Waals surface area (Å²) < 4.78 is 17.1. The van der Waals surface area contributed by atoms with Gasteiger partial charge in [0.15, 0.2) is 0 Å². The van der Waals surface area contributed by atoms with Gasteiger partial charge in [-0.1, -0.05) is 51.0 Å². The van der Waals surface area contributed by atoms with E-state index in [0.29, 0.717) is 50.7 Å². The third-order valence-corrected chi connectivity index (χ3v) is 7.35. The van der Waals surface area contributed by atoms with Crippen molar-refractivity contribution >= 4 is 17.4 Å². The van der Waals surface area contributed by atoms with Gasteiger partial charge in [0.05, 0.1) is 38.0 Å². The summed E-state index contributed by atoms with van der Waals surface area (Å²) in [6.07, 6.45) is 4.65. The molecule has 2 heterocycles. The van der Waals surface area contributed by atoms with Crippen LogP contribution < -0.4 is 9.47 Å². The van der Waals surface area contributed by atoms with E-state index < -0.39 is 17.7 Å². The van der Waals surface area contributed by atoms with Crippen molar-refractivity contribution < 1.29 is 28.9 Å². The number of benzene rings is 2. The highest BCUT2D eigenvalue weighted by molar-refractivity contribution is 6.46. The summed E-state index contributed by atoms with van der Waals surface area (Å²) in [4.78, 5) is 30.7. The molecule has 8 nitrogen and oxygen atoms in total. The molecule has 0 aromatic heterocycles. The Morgan fingerprint density at radius 1 is 0.900 bits per heavy atom. The summed E-state index contributed by atoms with van der Waals surface area (Å²) in [7, 11) is 0. The molecule has 1 amide bonds. The number of carbonyl (C=O) groups is 2. The molecule has 2 saturated heterocycles. The number of amides is 1. The zero-order chi connectivity index (χ0) is 28.3. The van der Waals surface area contributed by atoms with Gasteiger partial charge in [-0.2, -0.15) is 0 Å². The van der Waals surface area contributed by atoms with Crippen molar-refractivity contribution in [1.29, 1.82) is 0 Å². The molecule has 1 atom stereocenters. The number of hydrogen-bond acceptors (Lipinski definition) is 7. The SMILES string of the molecule is CCCCOc1ccc(C2/C(=C(\O)c3cccc(OCCCC)c3)C(=O)C(=O)N2CCCN2CCOCC2)cc1. The number of ketones is 1. The summed E-state index contributed by atoms with van der Waals surface area (Å²) >= 11 is 0. The van der Waals surface area contributed by atoms with Gasteiger partial charge in [-0.25, -0.2) is 0 Å². The average molecular weight is 551 g/mol. The molecule has 0 spiro atoms. The van der Waals surface area contributed by atoms with Crippen molar-refractivity contribution in [2.75, 3.05) is 52.6 Å². The Kier molecular flexibility index (Phi) is 11.0. The van der Waals surface area contributed by atoms with Crippen LogP contribution in [0.4, 0.5) is 0 Å². The van der Waals surface area contributed by atoms with E-state index in [1.165, 1.54) is 0 Å². The van der Waals surface area contributed by atoms with E-state index in [0.717, 1.165) is 56.6 Å². The second-order valence-electron chi connectivity index (χ2n) is 10.3. The molecule has 0 radical (unpaired) electrons. The third-order valence-electron chi connectivity index (χ3n) is 7.35. The lowest BCUT2D eigenvalue weighted by molar-refractivity contribution is -0.140. The van der Waals surface area contributed by atoms with Crippen LogP contribution in [0.1, 0.15) is 63.1 Å². The second-order valence-corrected chi connectivity index (χ2v) is 10.3. The van der Waals surface area contributed by atoms with E-state index in [2.05, 4.69) is 18.7 Å². The number of nitrogens with zero attached hydrogens (tertiary/aromatic N) is 2. The van der Waals surface area contributed by atoms with Crippen LogP contribution in [-0.4, -0.2) is 79.2 Å². The maximum absolute atomic E-state index is 13.4. The van der Waals surface area contributed by atoms with Crippen LogP contribution in [0.2, 0.25) is 0 Å². The fourth-order valence-corrected chi connectivity index (χ4v) is 5.05. The van der Waals surface area contributed by atoms with Crippen molar-refractivity contribution in [3.05, 3.63) is 65.2 Å². The molecular formula is C32H42N2O6. The lowest BCUT2D eigenvalue weighted by Crippen LogP contribution is -2.38. The molecule has 2 aromatic carbocycles. The molecule has 40 heavy (non-hydrogen) atoms. The van der Waals surface area contributed by atoms with Crippen molar-refractivity contribution in [3.8, 4) is 11.5 Å². The number of likely N-dealkylation sites (tertiary alicyclic amines) is 1. The van der Waals surface area contributed by atoms with Gasteiger partial charge < -0.3 is 24.2 Å². The van der Waals surface area contributed by atoms with E-state index >= 15 is 0 Å². The highest BCUT2D eigenvalue weighted by atomic mass is 16.5. The summed E-state index contributed by atoms with van der Waals surface area (Å²) in [6.45, 7) is 9.75. The number of hydrogen-bond donors (Lipinski definition) is 1. The Bertz CT molecular complexity index is 1160. The summed E-state index contributed by atoms with van der Waals surface area (Å²) in [5.41, 5.74) is 1.30. The highest BCUT2D eigenvalue weighted by Crippen LogP contribution is 2.40. The Balaban J connectivity index is 1.63. The van der Waals surface area contributed by atoms with Crippen LogP contribution in [0.3, 0.4) is 0 Å². The number of carbonyl (C=O) groups excluding carboxylic acids is 2. The van der Waals surface area contributed by atoms with Gasteiger partial charge >= 0.3 is 0 Å². The van der Waals surface area contributed by atoms with Crippen molar-refractivity contribution in [2.24, 2.45) is 0 Å². The maximum atomic E-state index is 13.4. The molecule has 0 saturated carbocycles. The molecule has 2 aliphatic rings. The Labute approximate surface area is 237 Å². The lowest BCUT2D eigenvalue weighted by Gasteiger charge is -2.29. The molecule has 2 fully saturated rings. The van der Waals surface area contributed by atoms with Crippen molar-refractivity contribution in [1.82, 2.24) is 9.80 Å². The molecule has 2 aliphatic heterocycles. The Hall–Kier alpha value is -3.36. The second kappa shape index (κ2) is 14.9. The summed E-state index contributed by atoms with van der Waals surface area (Å²) in [5.74, 6) is -0.106. The molecule has 2 aromatic rings. The molecule has 1 N–H and O–H groups in total. The fraction of sp³-hybridized carbons (Fsp3) is 0.500. The number of morpholine rings is 1. The highest BCUT2D eigenvalue weighted by Gasteiger charge is 2.45. The van der Waals surface area contributed by atoms with E-state index in [1.54, 1.807) is 23.1 Å². The quantitative estimate of drug-likeness (QED) is 0.150. The summed E-state index contributed by atoms with van der Waals surface area (Å²) in [5, 5.41) is 11.5. The number of rotatable bonds is 14. The van der Waals surface area contributed by atoms with E-state index in [1.807, 2.05) is 30.3 Å². The Morgan fingerprint density at radius 2 is 1.57 bits per heavy atom. The van der Waals surface area contributed by atoms with Crippen molar-refractivity contribution in [3.63, 3.8) is 0 Å². The first kappa shape index (κ1) is 29.6. The van der Waals surface area contributed by atoms with Crippen LogP contribution in [0.25, 0.3) is 5.76 Å². The van der Waals surface area contributed by atoms with Gasteiger partial charge in [0.1, 0.15) is 17.3 Å². The minimum atomic E-state index is -0.695. The topological polar surface area (TPSA) is 88.5 Å². The van der Waals surface area contributed by atoms with E-state index in [9.17, 15) is 14.7 Å². The predicted molar refractivity (Wildman–Crippen MR) is 155 cm³/mol. The molecular weight excluding hydrogens is 508 g/mol. The van der Waals surface area contributed by atoms with Gasteiger partial charge in [0.25, 0.3) is 11.7 Å². The zero-order valence-electron chi connectivity index (χ0n) is 23.8. The monoisotopic (exact) mass is 550 g/mol. The van der Waals surface area contributed by atoms with Crippen LogP contribution in [0.15, 0.2) is 54.1 Å². The fourth-order valence-electron chi connectivity index (χ4n) is 5.05. The van der Waals surface area contributed by atoms with Gasteiger partial charge in [-0.05, 0) is 49.1 Å². The number of Topliss-reactive ketones (excluding diaryl/α,β-unsaturated/α-hetero) is 1.